The lowest BCUT2D eigenvalue weighted by molar-refractivity contribution is -0.148. The van der Waals surface area contributed by atoms with E-state index in [-0.39, 0.29) is 12.4 Å². The number of aromatic nitrogens is 2. The number of nitrogens with zero attached hydrogens (tertiary/aromatic N) is 3. The molecular weight excluding hydrogens is 336 g/mol. The average molecular weight is 350 g/mol. The zero-order valence-electron chi connectivity index (χ0n) is 12.9. The third kappa shape index (κ3) is 3.13. The number of thiophene rings is 1. The molecule has 0 bridgehead atoms. The van der Waals surface area contributed by atoms with Crippen molar-refractivity contribution in [2.75, 3.05) is 6.54 Å². The Morgan fingerprint density at radius 3 is 2.88 bits per heavy atom. The Labute approximate surface area is 140 Å². The molecule has 0 atom stereocenters. The van der Waals surface area contributed by atoms with Crippen LogP contribution in [0.5, 0.6) is 0 Å². The highest BCUT2D eigenvalue weighted by Crippen LogP contribution is 2.20. The summed E-state index contributed by atoms with van der Waals surface area (Å²) >= 11 is 1.49. The van der Waals surface area contributed by atoms with Crippen LogP contribution < -0.4 is 5.32 Å². The number of rotatable bonds is 5. The lowest BCUT2D eigenvalue weighted by Gasteiger charge is -2.15. The van der Waals surface area contributed by atoms with Crippen molar-refractivity contribution >= 4 is 29.2 Å². The fourth-order valence-corrected chi connectivity index (χ4v) is 2.73. The number of esters is 1. The van der Waals surface area contributed by atoms with E-state index in [1.165, 1.54) is 11.3 Å². The highest BCUT2D eigenvalue weighted by Gasteiger charge is 2.45. The van der Waals surface area contributed by atoms with Crippen LogP contribution in [0, 0.1) is 0 Å². The molecule has 1 aliphatic rings. The summed E-state index contributed by atoms with van der Waals surface area (Å²) in [6.07, 6.45) is 0. The highest BCUT2D eigenvalue weighted by molar-refractivity contribution is 7.08. The quantitative estimate of drug-likeness (QED) is 0.636. The predicted octanol–water partition coefficient (Wildman–Crippen LogP) is 1.17. The predicted molar refractivity (Wildman–Crippen MR) is 81.7 cm³/mol. The Balaban J connectivity index is 1.55. The van der Waals surface area contributed by atoms with Gasteiger partial charge in [0.1, 0.15) is 12.1 Å². The van der Waals surface area contributed by atoms with E-state index in [4.69, 9.17) is 9.26 Å². The molecule has 3 amide bonds. The van der Waals surface area contributed by atoms with E-state index in [0.29, 0.717) is 5.89 Å². The van der Waals surface area contributed by atoms with E-state index in [0.717, 1.165) is 10.5 Å². The summed E-state index contributed by atoms with van der Waals surface area (Å²) in [4.78, 5) is 40.4. The number of nitrogens with one attached hydrogen (secondary N) is 1. The first-order valence-corrected chi connectivity index (χ1v) is 7.96. The summed E-state index contributed by atoms with van der Waals surface area (Å²) in [5.74, 6) is -0.693. The van der Waals surface area contributed by atoms with Gasteiger partial charge in [0, 0.05) is 5.38 Å². The monoisotopic (exact) mass is 350 g/mol. The van der Waals surface area contributed by atoms with Gasteiger partial charge in [-0.15, -0.1) is 0 Å². The van der Waals surface area contributed by atoms with Gasteiger partial charge in [-0.05, 0) is 25.3 Å². The van der Waals surface area contributed by atoms with Crippen LogP contribution in [0.4, 0.5) is 4.79 Å². The van der Waals surface area contributed by atoms with Crippen molar-refractivity contribution < 1.29 is 23.6 Å². The largest absolute Gasteiger partial charge is 0.456 e. The Morgan fingerprint density at radius 2 is 2.25 bits per heavy atom. The zero-order valence-corrected chi connectivity index (χ0v) is 13.8. The third-order valence-corrected chi connectivity index (χ3v) is 4.01. The average Bonchev–Trinajstić information content (AvgIpc) is 3.22. The van der Waals surface area contributed by atoms with Crippen LogP contribution >= 0.6 is 11.3 Å². The molecule has 0 aromatic carbocycles. The summed E-state index contributed by atoms with van der Waals surface area (Å²) in [7, 11) is 0. The summed E-state index contributed by atoms with van der Waals surface area (Å²) < 4.78 is 10.1. The lowest BCUT2D eigenvalue weighted by atomic mass is 10.1. The van der Waals surface area contributed by atoms with Gasteiger partial charge in [-0.3, -0.25) is 14.5 Å². The molecule has 1 fully saturated rings. The van der Waals surface area contributed by atoms with Crippen LogP contribution in [-0.4, -0.2) is 45.0 Å². The molecular formula is C14H14N4O5S. The first-order valence-electron chi connectivity index (χ1n) is 7.02. The molecule has 2 aromatic heterocycles. The zero-order chi connectivity index (χ0) is 17.3. The molecule has 1 N–H and O–H groups in total. The summed E-state index contributed by atoms with van der Waals surface area (Å²) in [6.45, 7) is 2.44. The molecule has 9 nitrogen and oxygen atoms in total. The summed E-state index contributed by atoms with van der Waals surface area (Å²) in [5.41, 5.74) is -0.243. The van der Waals surface area contributed by atoms with Crippen LogP contribution in [0.1, 0.15) is 19.7 Å². The lowest BCUT2D eigenvalue weighted by Crippen LogP contribution is -2.41. The van der Waals surface area contributed by atoms with Crippen molar-refractivity contribution in [1.29, 1.82) is 0 Å². The number of amides is 3. The van der Waals surface area contributed by atoms with E-state index in [1.807, 2.05) is 16.8 Å². The fourth-order valence-electron chi connectivity index (χ4n) is 2.10. The Kier molecular flexibility index (Phi) is 4.06. The normalized spacial score (nSPS) is 16.3. The third-order valence-electron chi connectivity index (χ3n) is 3.33. The number of hydrogen-bond donors (Lipinski definition) is 1. The first-order chi connectivity index (χ1) is 11.4. The maximum Gasteiger partial charge on any atom is 0.326 e. The molecule has 0 aliphatic carbocycles. The van der Waals surface area contributed by atoms with Gasteiger partial charge in [-0.25, -0.2) is 4.79 Å². The van der Waals surface area contributed by atoms with Crippen LogP contribution in [0.3, 0.4) is 0 Å². The molecule has 0 radical (unpaired) electrons. The van der Waals surface area contributed by atoms with Gasteiger partial charge < -0.3 is 14.6 Å². The second-order valence-electron chi connectivity index (χ2n) is 5.63. The van der Waals surface area contributed by atoms with Crippen molar-refractivity contribution in [3.05, 3.63) is 22.7 Å². The van der Waals surface area contributed by atoms with Crippen molar-refractivity contribution in [2.45, 2.75) is 26.0 Å². The molecule has 24 heavy (non-hydrogen) atoms. The van der Waals surface area contributed by atoms with E-state index < -0.39 is 30.0 Å². The van der Waals surface area contributed by atoms with Crippen LogP contribution in [0.25, 0.3) is 11.5 Å². The van der Waals surface area contributed by atoms with Crippen LogP contribution in [-0.2, 0) is 20.9 Å². The second kappa shape index (κ2) is 6.04. The van der Waals surface area contributed by atoms with Gasteiger partial charge in [0.25, 0.3) is 11.8 Å². The molecule has 1 aliphatic heterocycles. The minimum Gasteiger partial charge on any atom is -0.456 e. The van der Waals surface area contributed by atoms with E-state index >= 15 is 0 Å². The highest BCUT2D eigenvalue weighted by atomic mass is 32.1. The minimum atomic E-state index is -1.03. The SMILES string of the molecule is CC1(C)NC(=O)N(CC(=O)OCc2noc(-c3ccsc3)n2)C1=O. The molecule has 2 aromatic rings. The summed E-state index contributed by atoms with van der Waals surface area (Å²) in [6, 6.07) is 1.20. The first kappa shape index (κ1) is 16.1. The molecule has 3 rings (SSSR count). The van der Waals surface area contributed by atoms with E-state index in [2.05, 4.69) is 15.5 Å². The number of imide groups is 1. The smallest absolute Gasteiger partial charge is 0.326 e. The molecule has 10 heteroatoms. The fraction of sp³-hybridized carbons (Fsp3) is 0.357. The second-order valence-corrected chi connectivity index (χ2v) is 6.41. The summed E-state index contributed by atoms with van der Waals surface area (Å²) in [5, 5.41) is 9.92. The van der Waals surface area contributed by atoms with Gasteiger partial charge in [-0.1, -0.05) is 5.16 Å². The molecule has 126 valence electrons. The number of carbonyl (C=O) groups is 3. The van der Waals surface area contributed by atoms with E-state index in [9.17, 15) is 14.4 Å². The van der Waals surface area contributed by atoms with Gasteiger partial charge in [0.15, 0.2) is 6.61 Å². The van der Waals surface area contributed by atoms with Gasteiger partial charge in [-0.2, -0.15) is 16.3 Å². The van der Waals surface area contributed by atoms with Crippen molar-refractivity contribution in [2.24, 2.45) is 0 Å². The van der Waals surface area contributed by atoms with Crippen LogP contribution in [0.2, 0.25) is 0 Å². The number of carbonyl (C=O) groups excluding carboxylic acids is 3. The standard InChI is InChI=1S/C14H14N4O5S/c1-14(2)12(20)18(13(21)16-14)5-10(19)22-6-9-15-11(23-17-9)8-3-4-24-7-8/h3-4,7H,5-6H2,1-2H3,(H,16,21). The van der Waals surface area contributed by atoms with Gasteiger partial charge in [0.2, 0.25) is 5.82 Å². The van der Waals surface area contributed by atoms with Crippen LogP contribution in [0.15, 0.2) is 21.3 Å². The molecule has 0 saturated carbocycles. The minimum absolute atomic E-state index is 0.196. The van der Waals surface area contributed by atoms with Crippen molar-refractivity contribution in [3.63, 3.8) is 0 Å². The topological polar surface area (TPSA) is 115 Å². The Hall–Kier alpha value is -2.75. The van der Waals surface area contributed by atoms with Gasteiger partial charge in [0.05, 0.1) is 5.56 Å². The Bertz CT molecular complexity index is 783. The molecule has 3 heterocycles. The maximum atomic E-state index is 12.0. The molecule has 0 unspecified atom stereocenters. The van der Waals surface area contributed by atoms with Crippen molar-refractivity contribution in [1.82, 2.24) is 20.4 Å². The van der Waals surface area contributed by atoms with Crippen molar-refractivity contribution in [3.8, 4) is 11.5 Å². The maximum absolute atomic E-state index is 12.0. The molecule has 0 spiro atoms. The van der Waals surface area contributed by atoms with E-state index in [1.54, 1.807) is 13.8 Å². The number of hydrogen-bond acceptors (Lipinski definition) is 8. The van der Waals surface area contributed by atoms with Gasteiger partial charge >= 0.3 is 12.0 Å². The molecule has 1 saturated heterocycles. The number of urea groups is 1. The Morgan fingerprint density at radius 1 is 1.46 bits per heavy atom. The number of ether oxygens (including phenoxy) is 1.